The van der Waals surface area contributed by atoms with E-state index in [1.807, 2.05) is 20.8 Å². The molecule has 0 aliphatic heterocycles. The first kappa shape index (κ1) is 19.9. The molecule has 0 spiro atoms. The number of carbonyl (C=O) groups is 1. The van der Waals surface area contributed by atoms with Crippen molar-refractivity contribution in [3.8, 4) is 0 Å². The van der Waals surface area contributed by atoms with E-state index in [-0.39, 0.29) is 16.4 Å². The second-order valence-corrected chi connectivity index (χ2v) is 8.90. The first-order valence-corrected chi connectivity index (χ1v) is 10.6. The number of carbonyl (C=O) groups excluding carboxylic acids is 1. The molecule has 6 heteroatoms. The summed E-state index contributed by atoms with van der Waals surface area (Å²) in [6.07, 6.45) is 1.34. The Hall–Kier alpha value is -2.86. The Labute approximate surface area is 165 Å². The van der Waals surface area contributed by atoms with Crippen LogP contribution < -0.4 is 5.32 Å². The van der Waals surface area contributed by atoms with Gasteiger partial charge in [-0.25, -0.2) is 8.42 Å². The van der Waals surface area contributed by atoms with E-state index in [2.05, 4.69) is 17.4 Å². The second kappa shape index (κ2) is 8.02. The SMILES string of the molecule is Cc1cc(C)c(CNC(=O)c2occc2CS(=O)(=O)c2ccccc2)c(C)c1. The molecule has 1 amide bonds. The summed E-state index contributed by atoms with van der Waals surface area (Å²) in [7, 11) is -3.56. The molecule has 1 heterocycles. The van der Waals surface area contributed by atoms with Gasteiger partial charge in [0.1, 0.15) is 0 Å². The highest BCUT2D eigenvalue weighted by Crippen LogP contribution is 2.21. The third kappa shape index (κ3) is 4.34. The monoisotopic (exact) mass is 397 g/mol. The van der Waals surface area contributed by atoms with Gasteiger partial charge in [0.2, 0.25) is 0 Å². The maximum atomic E-state index is 12.6. The van der Waals surface area contributed by atoms with Crippen molar-refractivity contribution in [2.75, 3.05) is 0 Å². The molecule has 0 aliphatic carbocycles. The van der Waals surface area contributed by atoms with Crippen LogP contribution in [0.15, 0.2) is 64.1 Å². The summed E-state index contributed by atoms with van der Waals surface area (Å²) in [5.41, 5.74) is 4.76. The number of hydrogen-bond acceptors (Lipinski definition) is 4. The molecular weight excluding hydrogens is 374 g/mol. The van der Waals surface area contributed by atoms with Crippen LogP contribution in [0.4, 0.5) is 0 Å². The number of furan rings is 1. The highest BCUT2D eigenvalue weighted by atomic mass is 32.2. The average molecular weight is 397 g/mol. The lowest BCUT2D eigenvalue weighted by Gasteiger charge is -2.12. The minimum Gasteiger partial charge on any atom is -0.459 e. The second-order valence-electron chi connectivity index (χ2n) is 6.91. The summed E-state index contributed by atoms with van der Waals surface area (Å²) >= 11 is 0. The summed E-state index contributed by atoms with van der Waals surface area (Å²) in [6, 6.07) is 13.8. The fourth-order valence-corrected chi connectivity index (χ4v) is 4.68. The Bertz CT molecular complexity index is 1080. The van der Waals surface area contributed by atoms with Crippen LogP contribution in [0.5, 0.6) is 0 Å². The van der Waals surface area contributed by atoms with Crippen LogP contribution >= 0.6 is 0 Å². The number of rotatable bonds is 6. The fraction of sp³-hybridized carbons (Fsp3) is 0.227. The van der Waals surface area contributed by atoms with Gasteiger partial charge in [-0.15, -0.1) is 0 Å². The van der Waals surface area contributed by atoms with Gasteiger partial charge in [0.15, 0.2) is 15.6 Å². The van der Waals surface area contributed by atoms with Crippen LogP contribution in [-0.4, -0.2) is 14.3 Å². The molecule has 2 aromatic carbocycles. The molecule has 0 atom stereocenters. The lowest BCUT2D eigenvalue weighted by Crippen LogP contribution is -2.24. The summed E-state index contributed by atoms with van der Waals surface area (Å²) in [4.78, 5) is 12.8. The molecule has 0 saturated heterocycles. The van der Waals surface area contributed by atoms with E-state index in [1.54, 1.807) is 18.2 Å². The Morgan fingerprint density at radius 1 is 1.00 bits per heavy atom. The zero-order valence-corrected chi connectivity index (χ0v) is 17.0. The highest BCUT2D eigenvalue weighted by molar-refractivity contribution is 7.90. The molecule has 1 aromatic heterocycles. The first-order chi connectivity index (χ1) is 13.3. The molecule has 0 aliphatic rings. The summed E-state index contributed by atoms with van der Waals surface area (Å²) in [5, 5.41) is 2.84. The minimum absolute atomic E-state index is 0.0296. The lowest BCUT2D eigenvalue weighted by molar-refractivity contribution is 0.0922. The molecule has 28 heavy (non-hydrogen) atoms. The van der Waals surface area contributed by atoms with Crippen molar-refractivity contribution < 1.29 is 17.6 Å². The maximum Gasteiger partial charge on any atom is 0.287 e. The van der Waals surface area contributed by atoms with Crippen LogP contribution in [-0.2, 0) is 22.1 Å². The van der Waals surface area contributed by atoms with E-state index < -0.39 is 15.7 Å². The Kier molecular flexibility index (Phi) is 5.70. The number of sulfone groups is 1. The zero-order chi connectivity index (χ0) is 20.3. The molecular formula is C22H23NO4S. The predicted octanol–water partition coefficient (Wildman–Crippen LogP) is 4.11. The molecule has 146 valence electrons. The van der Waals surface area contributed by atoms with E-state index in [9.17, 15) is 13.2 Å². The highest BCUT2D eigenvalue weighted by Gasteiger charge is 2.22. The third-order valence-corrected chi connectivity index (χ3v) is 6.35. The molecule has 0 radical (unpaired) electrons. The average Bonchev–Trinajstić information content (AvgIpc) is 3.09. The zero-order valence-electron chi connectivity index (χ0n) is 16.2. The van der Waals surface area contributed by atoms with Crippen molar-refractivity contribution >= 4 is 15.7 Å². The van der Waals surface area contributed by atoms with Gasteiger partial charge in [0.25, 0.3) is 5.91 Å². The largest absolute Gasteiger partial charge is 0.459 e. The maximum absolute atomic E-state index is 12.6. The van der Waals surface area contributed by atoms with Crippen molar-refractivity contribution in [2.24, 2.45) is 0 Å². The summed E-state index contributed by atoms with van der Waals surface area (Å²) < 4.78 is 30.5. The van der Waals surface area contributed by atoms with Crippen molar-refractivity contribution in [3.63, 3.8) is 0 Å². The fourth-order valence-electron chi connectivity index (χ4n) is 3.30. The molecule has 0 fully saturated rings. The van der Waals surface area contributed by atoms with Crippen LogP contribution in [0.1, 0.15) is 38.4 Å². The van der Waals surface area contributed by atoms with Gasteiger partial charge in [-0.3, -0.25) is 4.79 Å². The smallest absolute Gasteiger partial charge is 0.287 e. The van der Waals surface area contributed by atoms with Crippen molar-refractivity contribution in [1.82, 2.24) is 5.32 Å². The van der Waals surface area contributed by atoms with E-state index in [0.717, 1.165) is 16.7 Å². The van der Waals surface area contributed by atoms with Crippen LogP contribution in [0.2, 0.25) is 0 Å². The standard InChI is InChI=1S/C22H23NO4S/c1-15-11-16(2)20(17(3)12-15)13-23-22(24)21-18(9-10-27-21)14-28(25,26)19-7-5-4-6-8-19/h4-12H,13-14H2,1-3H3,(H,23,24). The van der Waals surface area contributed by atoms with E-state index in [1.165, 1.54) is 30.0 Å². The van der Waals surface area contributed by atoms with E-state index >= 15 is 0 Å². The Balaban J connectivity index is 1.76. The third-order valence-electron chi connectivity index (χ3n) is 4.67. The Morgan fingerprint density at radius 3 is 2.29 bits per heavy atom. The normalized spacial score (nSPS) is 11.4. The topological polar surface area (TPSA) is 76.4 Å². The van der Waals surface area contributed by atoms with E-state index in [4.69, 9.17) is 4.42 Å². The van der Waals surface area contributed by atoms with Crippen LogP contribution in [0, 0.1) is 20.8 Å². The van der Waals surface area contributed by atoms with Gasteiger partial charge in [-0.2, -0.15) is 0 Å². The number of nitrogens with one attached hydrogen (secondary N) is 1. The summed E-state index contributed by atoms with van der Waals surface area (Å²) in [5.74, 6) is -0.691. The van der Waals surface area contributed by atoms with Gasteiger partial charge in [-0.05, 0) is 55.7 Å². The van der Waals surface area contributed by atoms with Crippen LogP contribution in [0.25, 0.3) is 0 Å². The van der Waals surface area contributed by atoms with Crippen molar-refractivity contribution in [2.45, 2.75) is 38.0 Å². The molecule has 0 bridgehead atoms. The quantitative estimate of drug-likeness (QED) is 0.679. The van der Waals surface area contributed by atoms with Gasteiger partial charge in [0.05, 0.1) is 16.9 Å². The van der Waals surface area contributed by atoms with E-state index in [0.29, 0.717) is 12.1 Å². The first-order valence-electron chi connectivity index (χ1n) is 8.97. The van der Waals surface area contributed by atoms with Crippen LogP contribution in [0.3, 0.4) is 0 Å². The predicted molar refractivity (Wildman–Crippen MR) is 108 cm³/mol. The number of benzene rings is 2. The van der Waals surface area contributed by atoms with Gasteiger partial charge in [-0.1, -0.05) is 35.9 Å². The molecule has 3 aromatic rings. The van der Waals surface area contributed by atoms with Gasteiger partial charge >= 0.3 is 0 Å². The number of aryl methyl sites for hydroxylation is 3. The van der Waals surface area contributed by atoms with Gasteiger partial charge < -0.3 is 9.73 Å². The molecule has 1 N–H and O–H groups in total. The molecule has 3 rings (SSSR count). The molecule has 0 saturated carbocycles. The van der Waals surface area contributed by atoms with Crippen molar-refractivity contribution in [1.29, 1.82) is 0 Å². The molecule has 0 unspecified atom stereocenters. The minimum atomic E-state index is -3.56. The summed E-state index contributed by atoms with van der Waals surface area (Å²) in [6.45, 7) is 6.39. The molecule has 5 nitrogen and oxygen atoms in total. The van der Waals surface area contributed by atoms with Gasteiger partial charge in [0, 0.05) is 12.1 Å². The Morgan fingerprint density at radius 2 is 1.64 bits per heavy atom. The van der Waals surface area contributed by atoms with Crippen molar-refractivity contribution in [3.05, 3.63) is 88.4 Å². The lowest BCUT2D eigenvalue weighted by atomic mass is 10.00. The number of amides is 1. The number of hydrogen-bond donors (Lipinski definition) is 1.